The van der Waals surface area contributed by atoms with Crippen molar-refractivity contribution in [1.82, 2.24) is 4.98 Å². The van der Waals surface area contributed by atoms with Gasteiger partial charge in [-0.2, -0.15) is 0 Å². The summed E-state index contributed by atoms with van der Waals surface area (Å²) in [7, 11) is 0. The Morgan fingerprint density at radius 3 is 2.71 bits per heavy atom. The summed E-state index contributed by atoms with van der Waals surface area (Å²) in [6.07, 6.45) is 17.1. The SMILES string of the molecule is C/C=C(\C=NCC)c1ccnc2c1C(c1ccc3c(c1)C1(CCCCC1)CC3=O)=CCC2.CC.[HH]. The van der Waals surface area contributed by atoms with Crippen LogP contribution in [0, 0.1) is 0 Å². The summed E-state index contributed by atoms with van der Waals surface area (Å²) in [6.45, 7) is 8.90. The number of ketones is 1. The Balaban J connectivity index is 0.00000111. The van der Waals surface area contributed by atoms with Crippen LogP contribution in [0.1, 0.15) is 112 Å². The van der Waals surface area contributed by atoms with Gasteiger partial charge in [-0.3, -0.25) is 14.8 Å². The average molecular weight is 457 g/mol. The second-order valence-electron chi connectivity index (χ2n) is 9.41. The molecule has 180 valence electrons. The van der Waals surface area contributed by atoms with E-state index in [2.05, 4.69) is 55.3 Å². The fraction of sp³-hybridized carbons (Fsp3) is 0.452. The van der Waals surface area contributed by atoms with Crippen LogP contribution in [0.2, 0.25) is 0 Å². The van der Waals surface area contributed by atoms with E-state index in [1.165, 1.54) is 47.1 Å². The highest BCUT2D eigenvalue weighted by Gasteiger charge is 2.44. The number of fused-ring (bicyclic) bond motifs is 3. The third-order valence-corrected chi connectivity index (χ3v) is 7.58. The molecule has 3 heteroatoms. The molecule has 1 spiro atoms. The third-order valence-electron chi connectivity index (χ3n) is 7.58. The van der Waals surface area contributed by atoms with Crippen molar-refractivity contribution in [1.29, 1.82) is 0 Å². The van der Waals surface area contributed by atoms with Gasteiger partial charge in [-0.1, -0.05) is 57.4 Å². The predicted octanol–water partition coefficient (Wildman–Crippen LogP) is 8.01. The number of nitrogens with zero attached hydrogens (tertiary/aromatic N) is 2. The van der Waals surface area contributed by atoms with Crippen molar-refractivity contribution in [2.24, 2.45) is 4.99 Å². The minimum absolute atomic E-state index is 0. The highest BCUT2D eigenvalue weighted by Crippen LogP contribution is 2.49. The molecule has 0 amide bonds. The lowest BCUT2D eigenvalue weighted by molar-refractivity contribution is 0.0962. The minimum atomic E-state index is 0. The Labute approximate surface area is 206 Å². The second-order valence-corrected chi connectivity index (χ2v) is 9.41. The van der Waals surface area contributed by atoms with Crippen molar-refractivity contribution >= 4 is 23.1 Å². The number of hydrogen-bond acceptors (Lipinski definition) is 3. The van der Waals surface area contributed by atoms with Crippen LogP contribution in [-0.2, 0) is 11.8 Å². The molecule has 5 rings (SSSR count). The molecule has 1 heterocycles. The van der Waals surface area contributed by atoms with Gasteiger partial charge in [-0.05, 0) is 79.5 Å². The summed E-state index contributed by atoms with van der Waals surface area (Å²) in [4.78, 5) is 22.1. The lowest BCUT2D eigenvalue weighted by Crippen LogP contribution is -2.26. The Morgan fingerprint density at radius 1 is 1.18 bits per heavy atom. The summed E-state index contributed by atoms with van der Waals surface area (Å²) in [5.74, 6) is 0.334. The number of aryl methyl sites for hydroxylation is 1. The first-order chi connectivity index (χ1) is 16.7. The first-order valence-corrected chi connectivity index (χ1v) is 13.2. The van der Waals surface area contributed by atoms with Gasteiger partial charge in [0.05, 0.1) is 0 Å². The van der Waals surface area contributed by atoms with E-state index in [9.17, 15) is 4.79 Å². The highest BCUT2D eigenvalue weighted by molar-refractivity contribution is 6.12. The molecule has 0 aliphatic heterocycles. The summed E-state index contributed by atoms with van der Waals surface area (Å²) in [5.41, 5.74) is 9.54. The predicted molar refractivity (Wildman–Crippen MR) is 146 cm³/mol. The van der Waals surface area contributed by atoms with E-state index < -0.39 is 0 Å². The largest absolute Gasteiger partial charge is 0.294 e. The molecular formula is C31H40N2O. The monoisotopic (exact) mass is 456 g/mol. The van der Waals surface area contributed by atoms with Gasteiger partial charge in [0.25, 0.3) is 0 Å². The lowest BCUT2D eigenvalue weighted by atomic mass is 9.70. The van der Waals surface area contributed by atoms with Crippen LogP contribution >= 0.6 is 0 Å². The maximum Gasteiger partial charge on any atom is 0.164 e. The van der Waals surface area contributed by atoms with E-state index in [-0.39, 0.29) is 6.84 Å². The van der Waals surface area contributed by atoms with Gasteiger partial charge >= 0.3 is 0 Å². The van der Waals surface area contributed by atoms with E-state index in [0.717, 1.165) is 49.1 Å². The fourth-order valence-corrected chi connectivity index (χ4v) is 6.01. The number of aromatic nitrogens is 1. The topological polar surface area (TPSA) is 42.3 Å². The third kappa shape index (κ3) is 4.33. The van der Waals surface area contributed by atoms with E-state index >= 15 is 0 Å². The van der Waals surface area contributed by atoms with Crippen LogP contribution in [0.5, 0.6) is 0 Å². The van der Waals surface area contributed by atoms with Crippen LogP contribution in [0.25, 0.3) is 11.1 Å². The first-order valence-electron chi connectivity index (χ1n) is 13.2. The summed E-state index contributed by atoms with van der Waals surface area (Å²) in [5, 5.41) is 0. The normalized spacial score (nSPS) is 18.9. The Bertz CT molecular complexity index is 1150. The zero-order valence-corrected chi connectivity index (χ0v) is 21.3. The molecule has 3 aliphatic rings. The van der Waals surface area contributed by atoms with Gasteiger partial charge in [-0.15, -0.1) is 0 Å². The molecule has 3 aliphatic carbocycles. The molecule has 34 heavy (non-hydrogen) atoms. The number of aliphatic imine (C=N–C) groups is 1. The highest BCUT2D eigenvalue weighted by atomic mass is 16.1. The van der Waals surface area contributed by atoms with Crippen LogP contribution in [0.15, 0.2) is 47.6 Å². The number of rotatable bonds is 4. The van der Waals surface area contributed by atoms with Crippen molar-refractivity contribution in [3.8, 4) is 0 Å². The Morgan fingerprint density at radius 2 is 1.97 bits per heavy atom. The van der Waals surface area contributed by atoms with Gasteiger partial charge < -0.3 is 0 Å². The van der Waals surface area contributed by atoms with Crippen LogP contribution < -0.4 is 0 Å². The van der Waals surface area contributed by atoms with Crippen LogP contribution in [0.3, 0.4) is 0 Å². The van der Waals surface area contributed by atoms with Crippen LogP contribution in [-0.4, -0.2) is 23.5 Å². The minimum Gasteiger partial charge on any atom is -0.294 e. The average Bonchev–Trinajstić information content (AvgIpc) is 3.15. The molecule has 0 saturated heterocycles. The second kappa shape index (κ2) is 10.6. The molecule has 1 aromatic carbocycles. The van der Waals surface area contributed by atoms with Gasteiger partial charge in [-0.25, -0.2) is 0 Å². The van der Waals surface area contributed by atoms with Crippen LogP contribution in [0.4, 0.5) is 0 Å². The van der Waals surface area contributed by atoms with Crippen molar-refractivity contribution in [3.05, 3.63) is 76.1 Å². The Hall–Kier alpha value is -2.81. The van der Waals surface area contributed by atoms with Gasteiger partial charge in [0.15, 0.2) is 5.78 Å². The molecular weight excluding hydrogens is 416 g/mol. The number of benzene rings is 1. The van der Waals surface area contributed by atoms with Gasteiger partial charge in [0, 0.05) is 49.0 Å². The fourth-order valence-electron chi connectivity index (χ4n) is 6.01. The zero-order chi connectivity index (χ0) is 24.1. The maximum atomic E-state index is 12.9. The molecule has 2 aromatic rings. The summed E-state index contributed by atoms with van der Waals surface area (Å²) >= 11 is 0. The molecule has 1 saturated carbocycles. The summed E-state index contributed by atoms with van der Waals surface area (Å²) in [6, 6.07) is 8.72. The zero-order valence-electron chi connectivity index (χ0n) is 21.3. The number of carbonyl (C=O) groups is 1. The van der Waals surface area contributed by atoms with E-state index in [1.54, 1.807) is 0 Å². The van der Waals surface area contributed by atoms with Crippen molar-refractivity contribution in [2.45, 2.75) is 84.5 Å². The van der Waals surface area contributed by atoms with Crippen molar-refractivity contribution in [2.75, 3.05) is 6.54 Å². The number of allylic oxidation sites excluding steroid dienone is 3. The molecule has 1 fully saturated rings. The number of Topliss-reactive ketones (excluding diaryl/α,β-unsaturated/α-hetero) is 1. The molecule has 0 atom stereocenters. The van der Waals surface area contributed by atoms with E-state index in [4.69, 9.17) is 4.98 Å². The van der Waals surface area contributed by atoms with Crippen molar-refractivity contribution < 1.29 is 6.22 Å². The van der Waals surface area contributed by atoms with E-state index in [1.807, 2.05) is 26.3 Å². The van der Waals surface area contributed by atoms with E-state index in [0.29, 0.717) is 12.2 Å². The lowest BCUT2D eigenvalue weighted by Gasteiger charge is -2.34. The van der Waals surface area contributed by atoms with Gasteiger partial charge in [0.1, 0.15) is 0 Å². The molecule has 0 radical (unpaired) electrons. The van der Waals surface area contributed by atoms with Crippen molar-refractivity contribution in [3.63, 3.8) is 0 Å². The molecule has 0 unspecified atom stereocenters. The molecule has 0 N–H and O–H groups in total. The number of hydrogen-bond donors (Lipinski definition) is 0. The number of pyridine rings is 1. The molecule has 1 aromatic heterocycles. The first kappa shape index (κ1) is 24.3. The summed E-state index contributed by atoms with van der Waals surface area (Å²) < 4.78 is 0. The number of carbonyl (C=O) groups excluding carboxylic acids is 1. The quantitative estimate of drug-likeness (QED) is 0.437. The smallest absolute Gasteiger partial charge is 0.164 e. The van der Waals surface area contributed by atoms with Gasteiger partial charge in [0.2, 0.25) is 0 Å². The Kier molecular flexibility index (Phi) is 7.60. The molecule has 3 nitrogen and oxygen atoms in total. The molecule has 0 bridgehead atoms. The maximum absolute atomic E-state index is 12.9. The standard InChI is InChI=1S/C29H32N2O.C2H6.H2/c1-3-20(19-30-4-2)23-13-16-31-26-10-8-9-22(28(23)26)21-11-12-24-25(17-21)29(18-27(24)32)14-6-5-7-15-29;1-2;/h3,9,11-13,16-17,19H,4-8,10,14-15,18H2,1-2H3;1-2H3;1H/b20-3+,30-19?;;.